The molecule has 3 aliphatic heterocycles. The third kappa shape index (κ3) is 5.49. The van der Waals surface area contributed by atoms with Gasteiger partial charge in [-0.25, -0.2) is 14.2 Å². The molecule has 5 heterocycles. The van der Waals surface area contributed by atoms with Gasteiger partial charge in [-0.2, -0.15) is 0 Å². The van der Waals surface area contributed by atoms with E-state index in [1.54, 1.807) is 32.0 Å². The molecule has 0 spiro atoms. The van der Waals surface area contributed by atoms with Crippen molar-refractivity contribution in [3.05, 3.63) is 87.3 Å². The van der Waals surface area contributed by atoms with Gasteiger partial charge < -0.3 is 28.3 Å². The second kappa shape index (κ2) is 11.5. The molecule has 236 valence electrons. The zero-order chi connectivity index (χ0) is 31.5. The van der Waals surface area contributed by atoms with Gasteiger partial charge >= 0.3 is 5.97 Å². The lowest BCUT2D eigenvalue weighted by Crippen LogP contribution is -2.35. The van der Waals surface area contributed by atoms with Gasteiger partial charge in [0.2, 0.25) is 5.76 Å². The van der Waals surface area contributed by atoms with Crippen LogP contribution in [0.5, 0.6) is 11.5 Å². The molecule has 2 aromatic heterocycles. The molecule has 2 aromatic carbocycles. The molecular weight excluding hydrogens is 601 g/mol. The monoisotopic (exact) mass is 635 g/mol. The van der Waals surface area contributed by atoms with Gasteiger partial charge in [0.05, 0.1) is 24.8 Å². The van der Waals surface area contributed by atoms with Gasteiger partial charge in [-0.3, -0.25) is 4.90 Å². The summed E-state index contributed by atoms with van der Waals surface area (Å²) in [7, 11) is 0. The van der Waals surface area contributed by atoms with Crippen LogP contribution in [0.2, 0.25) is 5.02 Å². The SMILES string of the molecule is Cc1cc(-c2nc(CN3CCC(c4cccc5c4OC(C)(c4ccc(Cl)cc4F)O5)CC3)n(CC3CCO3)c2C)oc1C(=O)O. The molecule has 45 heavy (non-hydrogen) atoms. The molecule has 0 radical (unpaired) electrons. The highest BCUT2D eigenvalue weighted by Crippen LogP contribution is 2.50. The quantitative estimate of drug-likeness (QED) is 0.220. The van der Waals surface area contributed by atoms with Crippen LogP contribution in [-0.2, 0) is 23.6 Å². The molecule has 2 fully saturated rings. The molecule has 3 aliphatic rings. The van der Waals surface area contributed by atoms with E-state index in [1.165, 1.54) is 6.07 Å². The molecule has 11 heteroatoms. The Morgan fingerprint density at radius 2 is 1.91 bits per heavy atom. The highest BCUT2D eigenvalue weighted by molar-refractivity contribution is 6.30. The van der Waals surface area contributed by atoms with Crippen LogP contribution in [0.1, 0.15) is 70.9 Å². The summed E-state index contributed by atoms with van der Waals surface area (Å²) < 4.78 is 41.1. The van der Waals surface area contributed by atoms with Crippen LogP contribution >= 0.6 is 11.6 Å². The minimum atomic E-state index is -1.29. The Hall–Kier alpha value is -3.86. The molecule has 0 amide bonds. The lowest BCUT2D eigenvalue weighted by atomic mass is 9.88. The number of aromatic carboxylic acids is 1. The molecular formula is C34H35ClFN3O6. The average Bonchev–Trinajstić information content (AvgIpc) is 3.63. The molecule has 0 bridgehead atoms. The van der Waals surface area contributed by atoms with E-state index >= 15 is 0 Å². The van der Waals surface area contributed by atoms with Gasteiger partial charge in [-0.15, -0.1) is 0 Å². The number of nitrogens with zero attached hydrogens (tertiary/aromatic N) is 3. The van der Waals surface area contributed by atoms with E-state index in [4.69, 9.17) is 35.2 Å². The van der Waals surface area contributed by atoms with Crippen molar-refractivity contribution in [1.29, 1.82) is 0 Å². The van der Waals surface area contributed by atoms with Crippen molar-refractivity contribution in [2.45, 2.75) is 70.9 Å². The maximum absolute atomic E-state index is 14.9. The Kier molecular flexibility index (Phi) is 7.62. The van der Waals surface area contributed by atoms with Gasteiger partial charge in [0, 0.05) is 35.4 Å². The standard InChI is InChI=1S/C34H35ClFN3O6/c1-19-15-28(43-31(19)33(40)41)30-20(2)39(17-23-11-14-42-23)29(37-30)18-38-12-9-21(10-13-38)24-5-4-6-27-32(24)45-34(3,44-27)25-8-7-22(35)16-26(25)36/h4-8,15-16,21,23H,9-14,17-18H2,1-3H3,(H,40,41). The van der Waals surface area contributed by atoms with E-state index in [1.807, 2.05) is 19.1 Å². The first kappa shape index (κ1) is 29.8. The maximum atomic E-state index is 14.9. The number of furan rings is 1. The highest BCUT2D eigenvalue weighted by Gasteiger charge is 2.43. The van der Waals surface area contributed by atoms with Crippen LogP contribution in [0.3, 0.4) is 0 Å². The topological polar surface area (TPSA) is 99.2 Å². The first-order valence-corrected chi connectivity index (χ1v) is 15.7. The number of fused-ring (bicyclic) bond motifs is 1. The molecule has 9 nitrogen and oxygen atoms in total. The third-order valence-corrected chi connectivity index (χ3v) is 9.48. The summed E-state index contributed by atoms with van der Waals surface area (Å²) in [5, 5.41) is 9.82. The van der Waals surface area contributed by atoms with Crippen molar-refractivity contribution in [3.8, 4) is 23.0 Å². The summed E-state index contributed by atoms with van der Waals surface area (Å²) >= 11 is 5.98. The van der Waals surface area contributed by atoms with Gasteiger partial charge in [-0.1, -0.05) is 23.7 Å². The van der Waals surface area contributed by atoms with Crippen molar-refractivity contribution in [2.24, 2.45) is 0 Å². The number of aryl methyl sites for hydroxylation is 1. The number of hydrogen-bond acceptors (Lipinski definition) is 7. The van der Waals surface area contributed by atoms with Crippen LogP contribution in [0.4, 0.5) is 4.39 Å². The normalized spacial score (nSPS) is 21.7. The molecule has 7 rings (SSSR count). The fourth-order valence-electron chi connectivity index (χ4n) is 6.67. The summed E-state index contributed by atoms with van der Waals surface area (Å²) in [5.41, 5.74) is 3.52. The Morgan fingerprint density at radius 3 is 2.58 bits per heavy atom. The number of para-hydroxylation sites is 1. The number of carboxylic acid groups (broad SMARTS) is 1. The number of hydrogen-bond donors (Lipinski definition) is 1. The van der Waals surface area contributed by atoms with Crippen molar-refractivity contribution in [3.63, 3.8) is 0 Å². The smallest absolute Gasteiger partial charge is 0.372 e. The number of carbonyl (C=O) groups is 1. The lowest BCUT2D eigenvalue weighted by Gasteiger charge is -2.33. The van der Waals surface area contributed by atoms with Crippen LogP contribution in [0.25, 0.3) is 11.5 Å². The Balaban J connectivity index is 1.08. The minimum Gasteiger partial charge on any atom is -0.475 e. The average molecular weight is 636 g/mol. The van der Waals surface area contributed by atoms with Crippen LogP contribution < -0.4 is 9.47 Å². The molecule has 0 aliphatic carbocycles. The van der Waals surface area contributed by atoms with Crippen LogP contribution in [0.15, 0.2) is 46.9 Å². The lowest BCUT2D eigenvalue weighted by molar-refractivity contribution is -0.0712. The summed E-state index contributed by atoms with van der Waals surface area (Å²) in [6.45, 7) is 9.25. The number of imidazole rings is 1. The molecule has 2 unspecified atom stereocenters. The van der Waals surface area contributed by atoms with E-state index in [2.05, 4.69) is 15.5 Å². The Labute approximate surface area is 265 Å². The second-order valence-corrected chi connectivity index (χ2v) is 12.7. The van der Waals surface area contributed by atoms with E-state index in [9.17, 15) is 14.3 Å². The first-order chi connectivity index (χ1) is 21.6. The fraction of sp³-hybridized carbons (Fsp3) is 0.412. The summed E-state index contributed by atoms with van der Waals surface area (Å²) in [6, 6.07) is 12.1. The Morgan fingerprint density at radius 1 is 1.13 bits per heavy atom. The van der Waals surface area contributed by atoms with E-state index in [-0.39, 0.29) is 17.8 Å². The Bertz CT molecular complexity index is 1770. The molecule has 2 atom stereocenters. The number of carboxylic acids is 1. The number of ether oxygens (including phenoxy) is 3. The zero-order valence-corrected chi connectivity index (χ0v) is 26.2. The number of benzene rings is 2. The maximum Gasteiger partial charge on any atom is 0.372 e. The third-order valence-electron chi connectivity index (χ3n) is 9.25. The van der Waals surface area contributed by atoms with Crippen LogP contribution in [0, 0.1) is 19.7 Å². The van der Waals surface area contributed by atoms with Crippen LogP contribution in [-0.4, -0.2) is 51.3 Å². The molecule has 4 aromatic rings. The first-order valence-electron chi connectivity index (χ1n) is 15.3. The van der Waals surface area contributed by atoms with E-state index < -0.39 is 17.6 Å². The predicted octanol–water partition coefficient (Wildman–Crippen LogP) is 7.06. The minimum absolute atomic E-state index is 0.0645. The van der Waals surface area contributed by atoms with Gasteiger partial charge in [0.25, 0.3) is 5.79 Å². The zero-order valence-electron chi connectivity index (χ0n) is 25.4. The summed E-state index contributed by atoms with van der Waals surface area (Å²) in [5.74, 6) is -0.0389. The summed E-state index contributed by atoms with van der Waals surface area (Å²) in [4.78, 5) is 19.0. The van der Waals surface area contributed by atoms with Crippen molar-refractivity contribution in [1.82, 2.24) is 14.5 Å². The van der Waals surface area contributed by atoms with Crippen molar-refractivity contribution < 1.29 is 32.9 Å². The number of rotatable bonds is 8. The van der Waals surface area contributed by atoms with Gasteiger partial charge in [0.1, 0.15) is 17.3 Å². The number of likely N-dealkylation sites (tertiary alicyclic amines) is 1. The number of piperidine rings is 1. The number of halogens is 2. The fourth-order valence-corrected chi connectivity index (χ4v) is 6.83. The van der Waals surface area contributed by atoms with E-state index in [0.29, 0.717) is 52.2 Å². The number of aromatic nitrogens is 2. The second-order valence-electron chi connectivity index (χ2n) is 12.3. The van der Waals surface area contributed by atoms with E-state index in [0.717, 1.165) is 56.0 Å². The summed E-state index contributed by atoms with van der Waals surface area (Å²) in [6.07, 6.45) is 2.95. The van der Waals surface area contributed by atoms with Crippen molar-refractivity contribution in [2.75, 3.05) is 19.7 Å². The highest BCUT2D eigenvalue weighted by atomic mass is 35.5. The largest absolute Gasteiger partial charge is 0.475 e. The van der Waals surface area contributed by atoms with Gasteiger partial charge in [-0.05, 0) is 82.4 Å². The molecule has 1 N–H and O–H groups in total. The molecule has 2 saturated heterocycles. The van der Waals surface area contributed by atoms with Crippen molar-refractivity contribution >= 4 is 17.6 Å². The van der Waals surface area contributed by atoms with Gasteiger partial charge in [0.15, 0.2) is 17.3 Å². The molecule has 0 saturated carbocycles. The predicted molar refractivity (Wildman–Crippen MR) is 164 cm³/mol.